The fourth-order valence-electron chi connectivity index (χ4n) is 4.14. The van der Waals surface area contributed by atoms with Gasteiger partial charge in [0.1, 0.15) is 18.3 Å². The maximum absolute atomic E-state index is 12.7. The number of ether oxygens (including phenoxy) is 1. The van der Waals surface area contributed by atoms with E-state index in [2.05, 4.69) is 27.4 Å². The highest BCUT2D eigenvalue weighted by atomic mass is 16.5. The summed E-state index contributed by atoms with van der Waals surface area (Å²) < 4.78 is 9.38. The van der Waals surface area contributed by atoms with E-state index in [1.807, 2.05) is 41.2 Å². The molecule has 8 heteroatoms. The molecule has 8 nitrogen and oxygen atoms in total. The van der Waals surface area contributed by atoms with E-state index < -0.39 is 0 Å². The number of allylic oxidation sites excluding steroid dienone is 2. The van der Waals surface area contributed by atoms with Gasteiger partial charge in [-0.25, -0.2) is 9.67 Å². The van der Waals surface area contributed by atoms with Gasteiger partial charge in [-0.3, -0.25) is 4.79 Å². The fraction of sp³-hybridized carbons (Fsp3) is 0.545. The van der Waals surface area contributed by atoms with Crippen molar-refractivity contribution in [3.63, 3.8) is 0 Å². The minimum atomic E-state index is -0.133. The molecule has 2 aliphatic rings. The number of hydrogen-bond acceptors (Lipinski definition) is 5. The molecule has 0 aromatic carbocycles. The first-order valence-electron chi connectivity index (χ1n) is 10.8. The number of likely N-dealkylation sites (tertiary alicyclic amines) is 1. The molecular formula is C22H30N6O2. The Hall–Kier alpha value is -2.74. The topological polar surface area (TPSA) is 78.1 Å². The SMILES string of the molecule is COC1C=C(c2cn(CC(=O)N3CCCCCCC3)nn2)C=CC1n1cnc(C)c1. The van der Waals surface area contributed by atoms with Crippen molar-refractivity contribution in [1.82, 2.24) is 29.4 Å². The van der Waals surface area contributed by atoms with Gasteiger partial charge in [0.15, 0.2) is 0 Å². The maximum atomic E-state index is 12.7. The number of carbonyl (C=O) groups excluding carboxylic acids is 1. The Labute approximate surface area is 177 Å². The van der Waals surface area contributed by atoms with Crippen LogP contribution in [0.3, 0.4) is 0 Å². The number of amides is 1. The van der Waals surface area contributed by atoms with E-state index in [0.29, 0.717) is 0 Å². The number of methoxy groups -OCH3 is 1. The van der Waals surface area contributed by atoms with E-state index >= 15 is 0 Å². The highest BCUT2D eigenvalue weighted by Gasteiger charge is 2.24. The second kappa shape index (κ2) is 9.38. The molecule has 1 amide bonds. The Bertz CT molecular complexity index is 920. The molecule has 2 aromatic heterocycles. The number of hydrogen-bond donors (Lipinski definition) is 0. The lowest BCUT2D eigenvalue weighted by molar-refractivity contribution is -0.132. The van der Waals surface area contributed by atoms with Gasteiger partial charge in [-0.1, -0.05) is 36.6 Å². The molecule has 2 atom stereocenters. The lowest BCUT2D eigenvalue weighted by Crippen LogP contribution is -2.36. The van der Waals surface area contributed by atoms with Crippen LogP contribution in [-0.4, -0.2) is 61.7 Å². The van der Waals surface area contributed by atoms with Crippen LogP contribution in [0.2, 0.25) is 0 Å². The summed E-state index contributed by atoms with van der Waals surface area (Å²) in [6.07, 6.45) is 17.6. The molecule has 0 spiro atoms. The summed E-state index contributed by atoms with van der Waals surface area (Å²) in [6.45, 7) is 3.89. The lowest BCUT2D eigenvalue weighted by Gasteiger charge is -2.25. The van der Waals surface area contributed by atoms with Crippen molar-refractivity contribution in [2.75, 3.05) is 20.2 Å². The van der Waals surface area contributed by atoms with Crippen molar-refractivity contribution < 1.29 is 9.53 Å². The number of aryl methyl sites for hydroxylation is 1. The van der Waals surface area contributed by atoms with Gasteiger partial charge < -0.3 is 14.2 Å². The summed E-state index contributed by atoms with van der Waals surface area (Å²) in [7, 11) is 1.70. The Morgan fingerprint density at radius 1 is 1.17 bits per heavy atom. The molecule has 160 valence electrons. The van der Waals surface area contributed by atoms with Gasteiger partial charge in [0.05, 0.1) is 24.3 Å². The van der Waals surface area contributed by atoms with Crippen LogP contribution in [0.15, 0.2) is 36.9 Å². The summed E-state index contributed by atoms with van der Waals surface area (Å²) in [5, 5.41) is 8.48. The van der Waals surface area contributed by atoms with Crippen LogP contribution in [0.25, 0.3) is 5.57 Å². The van der Waals surface area contributed by atoms with Crippen LogP contribution in [0, 0.1) is 6.92 Å². The summed E-state index contributed by atoms with van der Waals surface area (Å²) in [6, 6.07) is 0.0451. The first kappa shape index (κ1) is 20.5. The van der Waals surface area contributed by atoms with Crippen LogP contribution in [0.5, 0.6) is 0 Å². The maximum Gasteiger partial charge on any atom is 0.244 e. The average molecular weight is 411 g/mol. The Balaban J connectivity index is 1.42. The van der Waals surface area contributed by atoms with Gasteiger partial charge in [0.2, 0.25) is 5.91 Å². The van der Waals surface area contributed by atoms with Gasteiger partial charge in [-0.05, 0) is 25.8 Å². The largest absolute Gasteiger partial charge is 0.375 e. The van der Waals surface area contributed by atoms with E-state index in [9.17, 15) is 4.79 Å². The van der Waals surface area contributed by atoms with Gasteiger partial charge in [0.25, 0.3) is 0 Å². The van der Waals surface area contributed by atoms with Crippen molar-refractivity contribution in [1.29, 1.82) is 0 Å². The van der Waals surface area contributed by atoms with Crippen LogP contribution in [-0.2, 0) is 16.1 Å². The number of rotatable bonds is 5. The van der Waals surface area contributed by atoms with Gasteiger partial charge in [-0.2, -0.15) is 0 Å². The third-order valence-corrected chi connectivity index (χ3v) is 5.84. The predicted molar refractivity (Wildman–Crippen MR) is 114 cm³/mol. The minimum Gasteiger partial charge on any atom is -0.375 e. The van der Waals surface area contributed by atoms with Crippen molar-refractivity contribution in [3.05, 3.63) is 48.3 Å². The summed E-state index contributed by atoms with van der Waals surface area (Å²) >= 11 is 0. The molecule has 30 heavy (non-hydrogen) atoms. The Morgan fingerprint density at radius 3 is 2.63 bits per heavy atom. The fourth-order valence-corrected chi connectivity index (χ4v) is 4.14. The van der Waals surface area contributed by atoms with Crippen LogP contribution in [0.4, 0.5) is 0 Å². The van der Waals surface area contributed by atoms with Gasteiger partial charge >= 0.3 is 0 Å². The van der Waals surface area contributed by atoms with E-state index in [4.69, 9.17) is 4.74 Å². The monoisotopic (exact) mass is 410 g/mol. The molecule has 1 aliphatic heterocycles. The number of carbonyl (C=O) groups is 1. The first-order valence-corrected chi connectivity index (χ1v) is 10.8. The molecule has 1 fully saturated rings. The van der Waals surface area contributed by atoms with Gasteiger partial charge in [-0.15, -0.1) is 5.10 Å². The summed E-state index contributed by atoms with van der Waals surface area (Å²) in [5.41, 5.74) is 2.66. The van der Waals surface area contributed by atoms with E-state index in [1.54, 1.807) is 11.8 Å². The minimum absolute atomic E-state index is 0.0451. The van der Waals surface area contributed by atoms with Crippen molar-refractivity contribution in [2.24, 2.45) is 0 Å². The van der Waals surface area contributed by atoms with Crippen LogP contribution >= 0.6 is 0 Å². The molecule has 1 saturated heterocycles. The Morgan fingerprint density at radius 2 is 1.93 bits per heavy atom. The van der Waals surface area contributed by atoms with Crippen LogP contribution < -0.4 is 0 Å². The molecular weight excluding hydrogens is 380 g/mol. The predicted octanol–water partition coefficient (Wildman–Crippen LogP) is 2.79. The molecule has 3 heterocycles. The lowest BCUT2D eigenvalue weighted by atomic mass is 9.98. The molecule has 2 aromatic rings. The molecule has 4 rings (SSSR count). The second-order valence-corrected chi connectivity index (χ2v) is 8.08. The molecule has 0 bridgehead atoms. The molecule has 1 aliphatic carbocycles. The van der Waals surface area contributed by atoms with Crippen molar-refractivity contribution in [2.45, 2.75) is 57.7 Å². The van der Waals surface area contributed by atoms with Crippen molar-refractivity contribution in [3.8, 4) is 0 Å². The average Bonchev–Trinajstić information content (AvgIpc) is 3.36. The quantitative estimate of drug-likeness (QED) is 0.757. The number of aromatic nitrogens is 5. The molecule has 0 saturated carbocycles. The Kier molecular flexibility index (Phi) is 6.42. The van der Waals surface area contributed by atoms with E-state index in [1.165, 1.54) is 19.3 Å². The van der Waals surface area contributed by atoms with Crippen LogP contribution in [0.1, 0.15) is 49.5 Å². The molecule has 0 N–H and O–H groups in total. The highest BCUT2D eigenvalue weighted by Crippen LogP contribution is 2.28. The second-order valence-electron chi connectivity index (χ2n) is 8.08. The summed E-state index contributed by atoms with van der Waals surface area (Å²) in [5.74, 6) is 0.117. The number of nitrogens with zero attached hydrogens (tertiary/aromatic N) is 6. The van der Waals surface area contributed by atoms with Gasteiger partial charge in [0, 0.05) is 32.0 Å². The zero-order valence-corrected chi connectivity index (χ0v) is 17.8. The molecule has 0 radical (unpaired) electrons. The normalized spacial score (nSPS) is 22.5. The third-order valence-electron chi connectivity index (χ3n) is 5.84. The standard InChI is InChI=1S/C22H30N6O2/c1-17-13-27(16-23-17)20-9-8-18(12-21(20)30-2)19-14-28(25-24-19)15-22(29)26-10-6-4-3-5-7-11-26/h8-9,12-14,16,20-21H,3-7,10-11,15H2,1-2H3. The first-order chi connectivity index (χ1) is 14.6. The zero-order chi connectivity index (χ0) is 20.9. The zero-order valence-electron chi connectivity index (χ0n) is 17.8. The molecule has 2 unspecified atom stereocenters. The smallest absolute Gasteiger partial charge is 0.244 e. The van der Waals surface area contributed by atoms with Crippen molar-refractivity contribution >= 4 is 11.5 Å². The number of imidazole rings is 1. The summed E-state index contributed by atoms with van der Waals surface area (Å²) in [4.78, 5) is 19.0. The third kappa shape index (κ3) is 4.70. The van der Waals surface area contributed by atoms with E-state index in [0.717, 1.165) is 42.9 Å². The van der Waals surface area contributed by atoms with E-state index in [-0.39, 0.29) is 24.6 Å². The highest BCUT2D eigenvalue weighted by molar-refractivity contribution is 5.76.